The first-order valence-corrected chi connectivity index (χ1v) is 13.4. The maximum absolute atomic E-state index is 13.1. The summed E-state index contributed by atoms with van der Waals surface area (Å²) in [6, 6.07) is 12.3. The van der Waals surface area contributed by atoms with Gasteiger partial charge in [0.2, 0.25) is 0 Å². The Morgan fingerprint density at radius 1 is 1.20 bits per heavy atom. The molecular formula is C26H32N6O2S. The van der Waals surface area contributed by atoms with Crippen LogP contribution < -0.4 is 10.3 Å². The van der Waals surface area contributed by atoms with Crippen molar-refractivity contribution in [2.24, 2.45) is 0 Å². The maximum Gasteiger partial charge on any atom is 0.252 e. The van der Waals surface area contributed by atoms with E-state index in [1.807, 2.05) is 35.9 Å². The molecule has 1 aliphatic carbocycles. The summed E-state index contributed by atoms with van der Waals surface area (Å²) in [5.74, 6) is 1.70. The molecule has 184 valence electrons. The Hall–Kier alpha value is -3.04. The lowest BCUT2D eigenvalue weighted by atomic mass is 10.1. The summed E-state index contributed by atoms with van der Waals surface area (Å²) in [5, 5.41) is 16.0. The lowest BCUT2D eigenvalue weighted by molar-refractivity contribution is 0.159. The number of nitrogens with one attached hydrogen (secondary N) is 1. The molecule has 0 radical (unpaired) electrons. The quantitative estimate of drug-likeness (QED) is 0.326. The molecule has 5 rings (SSSR count). The standard InChI is InChI=1S/C26H32N6O2S/c1-3-24(25-28-29-30-32(25)20-8-5-6-9-20)31(17-22-10-7-13-35-22)16-19-14-18-15-21(34-4-2)11-12-23(18)27-26(19)33/h7,10-15,20,24H,3-6,8-9,16-17H2,1-2H3,(H,27,33). The van der Waals surface area contributed by atoms with E-state index in [0.29, 0.717) is 19.2 Å². The van der Waals surface area contributed by atoms with E-state index in [9.17, 15) is 4.79 Å². The minimum atomic E-state index is -0.0666. The zero-order chi connectivity index (χ0) is 24.2. The van der Waals surface area contributed by atoms with Gasteiger partial charge in [0.15, 0.2) is 5.82 Å². The van der Waals surface area contributed by atoms with Crippen molar-refractivity contribution in [1.82, 2.24) is 30.1 Å². The molecule has 1 atom stereocenters. The van der Waals surface area contributed by atoms with Gasteiger partial charge in [0.05, 0.1) is 18.7 Å². The fraction of sp³-hybridized carbons (Fsp3) is 0.462. The second kappa shape index (κ2) is 10.7. The van der Waals surface area contributed by atoms with E-state index < -0.39 is 0 Å². The van der Waals surface area contributed by atoms with E-state index in [1.54, 1.807) is 11.3 Å². The summed E-state index contributed by atoms with van der Waals surface area (Å²) in [5.41, 5.74) is 1.47. The van der Waals surface area contributed by atoms with Gasteiger partial charge in [0.1, 0.15) is 5.75 Å². The smallest absolute Gasteiger partial charge is 0.252 e. The molecule has 9 heteroatoms. The molecule has 3 aromatic heterocycles. The van der Waals surface area contributed by atoms with Crippen LogP contribution >= 0.6 is 11.3 Å². The predicted octanol–water partition coefficient (Wildman–Crippen LogP) is 5.24. The Kier molecular flexibility index (Phi) is 7.24. The van der Waals surface area contributed by atoms with Gasteiger partial charge in [-0.05, 0) is 72.3 Å². The van der Waals surface area contributed by atoms with Crippen molar-refractivity contribution in [2.45, 2.75) is 71.1 Å². The van der Waals surface area contributed by atoms with E-state index in [4.69, 9.17) is 4.74 Å². The van der Waals surface area contributed by atoms with Gasteiger partial charge < -0.3 is 9.72 Å². The molecule has 0 bridgehead atoms. The number of rotatable bonds is 10. The number of benzene rings is 1. The highest BCUT2D eigenvalue weighted by atomic mass is 32.1. The molecule has 0 aliphatic heterocycles. The fourth-order valence-corrected chi connectivity index (χ4v) is 5.86. The van der Waals surface area contributed by atoms with Crippen LogP contribution in [0.25, 0.3) is 10.9 Å². The summed E-state index contributed by atoms with van der Waals surface area (Å²) in [6.45, 7) is 5.96. The second-order valence-electron chi connectivity index (χ2n) is 9.13. The van der Waals surface area contributed by atoms with Crippen LogP contribution in [-0.2, 0) is 13.1 Å². The Bertz CT molecular complexity index is 1310. The number of thiophene rings is 1. The molecule has 0 saturated heterocycles. The first-order chi connectivity index (χ1) is 17.2. The molecule has 1 aromatic carbocycles. The van der Waals surface area contributed by atoms with Gasteiger partial charge in [-0.2, -0.15) is 0 Å². The van der Waals surface area contributed by atoms with Crippen LogP contribution in [0.5, 0.6) is 5.75 Å². The van der Waals surface area contributed by atoms with Crippen molar-refractivity contribution in [3.05, 3.63) is 68.4 Å². The van der Waals surface area contributed by atoms with Crippen LogP contribution in [0, 0.1) is 0 Å². The normalized spacial score (nSPS) is 15.3. The number of aromatic amines is 1. The molecule has 35 heavy (non-hydrogen) atoms. The number of hydrogen-bond donors (Lipinski definition) is 1. The number of hydrogen-bond acceptors (Lipinski definition) is 7. The van der Waals surface area contributed by atoms with Crippen LogP contribution in [0.15, 0.2) is 46.6 Å². The van der Waals surface area contributed by atoms with E-state index >= 15 is 0 Å². The van der Waals surface area contributed by atoms with E-state index in [-0.39, 0.29) is 11.6 Å². The first-order valence-electron chi connectivity index (χ1n) is 12.5. The molecule has 0 spiro atoms. The largest absolute Gasteiger partial charge is 0.494 e. The monoisotopic (exact) mass is 492 g/mol. The first kappa shape index (κ1) is 23.7. The molecular weight excluding hydrogens is 460 g/mol. The average molecular weight is 493 g/mol. The molecule has 8 nitrogen and oxygen atoms in total. The SMILES string of the molecule is CCOc1ccc2[nH]c(=O)c(CN(Cc3cccs3)C(CC)c3nnnn3C3CCCC3)cc2c1. The van der Waals surface area contributed by atoms with Crippen LogP contribution in [0.1, 0.15) is 74.3 Å². The number of tetrazole rings is 1. The number of aromatic nitrogens is 5. The van der Waals surface area contributed by atoms with Crippen molar-refractivity contribution in [3.63, 3.8) is 0 Å². The number of nitrogens with zero attached hydrogens (tertiary/aromatic N) is 5. The van der Waals surface area contributed by atoms with Crippen LogP contribution in [0.2, 0.25) is 0 Å². The fourth-order valence-electron chi connectivity index (χ4n) is 5.13. The number of H-pyrrole nitrogens is 1. The summed E-state index contributed by atoms with van der Waals surface area (Å²) in [7, 11) is 0. The zero-order valence-corrected chi connectivity index (χ0v) is 21.1. The molecule has 1 aliphatic rings. The highest BCUT2D eigenvalue weighted by molar-refractivity contribution is 7.09. The number of pyridine rings is 1. The van der Waals surface area contributed by atoms with Crippen LogP contribution in [-0.4, -0.2) is 36.7 Å². The van der Waals surface area contributed by atoms with Crippen molar-refractivity contribution in [1.29, 1.82) is 0 Å². The number of fused-ring (bicyclic) bond motifs is 1. The van der Waals surface area contributed by atoms with Crippen LogP contribution in [0.4, 0.5) is 0 Å². The van der Waals surface area contributed by atoms with Gasteiger partial charge in [-0.1, -0.05) is 25.8 Å². The van der Waals surface area contributed by atoms with Gasteiger partial charge in [0.25, 0.3) is 5.56 Å². The van der Waals surface area contributed by atoms with Gasteiger partial charge in [-0.15, -0.1) is 16.4 Å². The Morgan fingerprint density at radius 3 is 2.80 bits per heavy atom. The lowest BCUT2D eigenvalue weighted by Crippen LogP contribution is -2.32. The lowest BCUT2D eigenvalue weighted by Gasteiger charge is -2.30. The summed E-state index contributed by atoms with van der Waals surface area (Å²) in [6.07, 6.45) is 5.52. The third kappa shape index (κ3) is 5.16. The molecule has 0 amide bonds. The molecule has 3 heterocycles. The van der Waals surface area contributed by atoms with Gasteiger partial charge >= 0.3 is 0 Å². The molecule has 1 N–H and O–H groups in total. The third-order valence-electron chi connectivity index (χ3n) is 6.83. The van der Waals surface area contributed by atoms with E-state index in [0.717, 1.165) is 53.8 Å². The average Bonchev–Trinajstić information content (AvgIpc) is 3.63. The highest BCUT2D eigenvalue weighted by Crippen LogP contribution is 2.34. The molecule has 1 unspecified atom stereocenters. The predicted molar refractivity (Wildman–Crippen MR) is 138 cm³/mol. The summed E-state index contributed by atoms with van der Waals surface area (Å²) >= 11 is 1.73. The minimum absolute atomic E-state index is 0.00226. The summed E-state index contributed by atoms with van der Waals surface area (Å²) in [4.78, 5) is 19.7. The van der Waals surface area contributed by atoms with E-state index in [2.05, 4.69) is 49.8 Å². The van der Waals surface area contributed by atoms with Crippen molar-refractivity contribution in [3.8, 4) is 5.75 Å². The van der Waals surface area contributed by atoms with Crippen molar-refractivity contribution < 1.29 is 4.74 Å². The van der Waals surface area contributed by atoms with Gasteiger partial charge in [0, 0.05) is 34.4 Å². The molecule has 1 fully saturated rings. The Morgan fingerprint density at radius 2 is 2.06 bits per heavy atom. The minimum Gasteiger partial charge on any atom is -0.494 e. The summed E-state index contributed by atoms with van der Waals surface area (Å²) < 4.78 is 7.72. The van der Waals surface area contributed by atoms with Crippen molar-refractivity contribution >= 4 is 22.2 Å². The molecule has 4 aromatic rings. The third-order valence-corrected chi connectivity index (χ3v) is 7.69. The number of ether oxygens (including phenoxy) is 1. The Balaban J connectivity index is 1.51. The second-order valence-corrected chi connectivity index (χ2v) is 10.2. The topological polar surface area (TPSA) is 88.9 Å². The van der Waals surface area contributed by atoms with Gasteiger partial charge in [-0.3, -0.25) is 9.69 Å². The zero-order valence-electron chi connectivity index (χ0n) is 20.3. The highest BCUT2D eigenvalue weighted by Gasteiger charge is 2.29. The van der Waals surface area contributed by atoms with Crippen molar-refractivity contribution in [2.75, 3.05) is 6.61 Å². The maximum atomic E-state index is 13.1. The molecule has 1 saturated carbocycles. The van der Waals surface area contributed by atoms with Crippen LogP contribution in [0.3, 0.4) is 0 Å². The van der Waals surface area contributed by atoms with Gasteiger partial charge in [-0.25, -0.2) is 4.68 Å². The van der Waals surface area contributed by atoms with E-state index in [1.165, 1.54) is 17.7 Å². The Labute approximate surface area is 208 Å².